The number of amides is 1. The van der Waals surface area contributed by atoms with Crippen LogP contribution in [0.3, 0.4) is 0 Å². The molecule has 0 heterocycles. The number of anilines is 1. The highest BCUT2D eigenvalue weighted by atomic mass is 32.2. The summed E-state index contributed by atoms with van der Waals surface area (Å²) in [4.78, 5) is 23.5. The highest BCUT2D eigenvalue weighted by Gasteiger charge is 2.30. The van der Waals surface area contributed by atoms with Gasteiger partial charge in [0.05, 0.1) is 15.7 Å². The molecular formula is C19H19NO5S. The highest BCUT2D eigenvalue weighted by molar-refractivity contribution is 7.92. The van der Waals surface area contributed by atoms with E-state index >= 15 is 0 Å². The fourth-order valence-electron chi connectivity index (χ4n) is 3.12. The first-order valence-electron chi connectivity index (χ1n) is 8.36. The normalized spacial score (nSPS) is 14.9. The molecule has 0 aliphatic heterocycles. The molecular weight excluding hydrogens is 354 g/mol. The van der Waals surface area contributed by atoms with Gasteiger partial charge < -0.3 is 10.4 Å². The Labute approximate surface area is 151 Å². The molecule has 0 saturated heterocycles. The summed E-state index contributed by atoms with van der Waals surface area (Å²) >= 11 is 0. The Hall–Kier alpha value is -2.67. The number of carboxylic acid groups (broad SMARTS) is 1. The summed E-state index contributed by atoms with van der Waals surface area (Å²) in [6, 6.07) is 11.8. The van der Waals surface area contributed by atoms with E-state index in [9.17, 15) is 18.0 Å². The number of hydrogen-bond donors (Lipinski definition) is 2. The Bertz CT molecular complexity index is 929. The molecule has 1 saturated carbocycles. The van der Waals surface area contributed by atoms with Gasteiger partial charge in [0.2, 0.25) is 0 Å². The molecule has 1 amide bonds. The summed E-state index contributed by atoms with van der Waals surface area (Å²) in [6.45, 7) is 0. The predicted octanol–water partition coefficient (Wildman–Crippen LogP) is 3.35. The number of carbonyl (C=O) groups is 2. The minimum absolute atomic E-state index is 0.0702. The van der Waals surface area contributed by atoms with E-state index in [1.54, 1.807) is 6.07 Å². The van der Waals surface area contributed by atoms with Gasteiger partial charge in [0.15, 0.2) is 9.84 Å². The number of benzene rings is 2. The van der Waals surface area contributed by atoms with Crippen molar-refractivity contribution in [3.8, 4) is 0 Å². The average Bonchev–Trinajstić information content (AvgIpc) is 3.17. The molecule has 2 aromatic carbocycles. The van der Waals surface area contributed by atoms with Gasteiger partial charge in [0.25, 0.3) is 5.91 Å². The molecule has 0 radical (unpaired) electrons. The molecule has 1 fully saturated rings. The monoisotopic (exact) mass is 373 g/mol. The standard InChI is InChI=1S/C19H19NO5S/c21-18(20-15-5-3-4-14(12-15)19(22)23)13-8-10-17(11-9-13)26(24,25)16-6-1-2-7-16/h3-5,8-12,16H,1-2,6-7H2,(H,20,21)(H,22,23). The number of rotatable bonds is 5. The summed E-state index contributed by atoms with van der Waals surface area (Å²) in [7, 11) is -3.35. The molecule has 0 atom stereocenters. The molecule has 26 heavy (non-hydrogen) atoms. The molecule has 0 unspecified atom stereocenters. The van der Waals surface area contributed by atoms with E-state index in [-0.39, 0.29) is 15.7 Å². The van der Waals surface area contributed by atoms with Crippen LogP contribution in [0.1, 0.15) is 46.4 Å². The second kappa shape index (κ2) is 7.29. The third-order valence-electron chi connectivity index (χ3n) is 4.55. The number of carboxylic acids is 1. The molecule has 0 spiro atoms. The van der Waals surface area contributed by atoms with Crippen molar-refractivity contribution in [3.63, 3.8) is 0 Å². The Balaban J connectivity index is 1.75. The molecule has 3 rings (SSSR count). The quantitative estimate of drug-likeness (QED) is 0.837. The number of aromatic carboxylic acids is 1. The second-order valence-corrected chi connectivity index (χ2v) is 8.54. The molecule has 2 N–H and O–H groups in total. The molecule has 136 valence electrons. The van der Waals surface area contributed by atoms with Crippen molar-refractivity contribution in [2.45, 2.75) is 35.8 Å². The van der Waals surface area contributed by atoms with Gasteiger partial charge in [-0.25, -0.2) is 13.2 Å². The van der Waals surface area contributed by atoms with Crippen LogP contribution in [0.25, 0.3) is 0 Å². The van der Waals surface area contributed by atoms with Gasteiger partial charge in [-0.15, -0.1) is 0 Å². The topological polar surface area (TPSA) is 101 Å². The van der Waals surface area contributed by atoms with Crippen molar-refractivity contribution in [2.24, 2.45) is 0 Å². The van der Waals surface area contributed by atoms with Crippen LogP contribution in [0.4, 0.5) is 5.69 Å². The van der Waals surface area contributed by atoms with Crippen molar-refractivity contribution in [3.05, 3.63) is 59.7 Å². The summed E-state index contributed by atoms with van der Waals surface area (Å²) in [5.74, 6) is -1.51. The van der Waals surface area contributed by atoms with Crippen LogP contribution in [-0.4, -0.2) is 30.7 Å². The molecule has 6 nitrogen and oxygen atoms in total. The Kier molecular flexibility index (Phi) is 5.08. The van der Waals surface area contributed by atoms with Crippen molar-refractivity contribution in [1.82, 2.24) is 0 Å². The van der Waals surface area contributed by atoms with Gasteiger partial charge in [0.1, 0.15) is 0 Å². The zero-order valence-electron chi connectivity index (χ0n) is 14.0. The summed E-state index contributed by atoms with van der Waals surface area (Å²) in [6.07, 6.45) is 3.23. The third-order valence-corrected chi connectivity index (χ3v) is 6.83. The molecule has 1 aliphatic carbocycles. The van der Waals surface area contributed by atoms with Crippen molar-refractivity contribution < 1.29 is 23.1 Å². The van der Waals surface area contributed by atoms with E-state index in [1.165, 1.54) is 42.5 Å². The van der Waals surface area contributed by atoms with E-state index in [0.29, 0.717) is 24.1 Å². The van der Waals surface area contributed by atoms with E-state index in [1.807, 2.05) is 0 Å². The highest BCUT2D eigenvalue weighted by Crippen LogP contribution is 2.29. The van der Waals surface area contributed by atoms with Gasteiger partial charge in [-0.2, -0.15) is 0 Å². The minimum atomic E-state index is -3.35. The SMILES string of the molecule is O=C(O)c1cccc(NC(=O)c2ccc(S(=O)(=O)C3CCCC3)cc2)c1. The second-order valence-electron chi connectivity index (χ2n) is 6.32. The lowest BCUT2D eigenvalue weighted by Crippen LogP contribution is -2.18. The maximum Gasteiger partial charge on any atom is 0.335 e. The first kappa shape index (κ1) is 18.1. The molecule has 2 aromatic rings. The lowest BCUT2D eigenvalue weighted by atomic mass is 10.2. The van der Waals surface area contributed by atoms with Crippen LogP contribution in [0.15, 0.2) is 53.4 Å². The number of nitrogens with one attached hydrogen (secondary N) is 1. The molecule has 1 aliphatic rings. The van der Waals surface area contributed by atoms with E-state index in [2.05, 4.69) is 5.32 Å². The summed E-state index contributed by atoms with van der Waals surface area (Å²) in [5.41, 5.74) is 0.731. The van der Waals surface area contributed by atoms with Crippen LogP contribution in [0.2, 0.25) is 0 Å². The maximum atomic E-state index is 12.6. The smallest absolute Gasteiger partial charge is 0.335 e. The fraction of sp³-hybridized carbons (Fsp3) is 0.263. The maximum absolute atomic E-state index is 12.6. The van der Waals surface area contributed by atoms with Crippen molar-refractivity contribution in [1.29, 1.82) is 0 Å². The lowest BCUT2D eigenvalue weighted by molar-refractivity contribution is 0.0696. The van der Waals surface area contributed by atoms with Crippen LogP contribution in [-0.2, 0) is 9.84 Å². The Morgan fingerprint density at radius 3 is 2.23 bits per heavy atom. The lowest BCUT2D eigenvalue weighted by Gasteiger charge is -2.11. The van der Waals surface area contributed by atoms with Gasteiger partial charge in [-0.1, -0.05) is 18.9 Å². The molecule has 7 heteroatoms. The van der Waals surface area contributed by atoms with Gasteiger partial charge >= 0.3 is 5.97 Å². The number of hydrogen-bond acceptors (Lipinski definition) is 4. The minimum Gasteiger partial charge on any atom is -0.478 e. The Morgan fingerprint density at radius 2 is 1.62 bits per heavy atom. The molecule has 0 bridgehead atoms. The van der Waals surface area contributed by atoms with E-state index in [4.69, 9.17) is 5.11 Å². The van der Waals surface area contributed by atoms with Crippen molar-refractivity contribution in [2.75, 3.05) is 5.32 Å². The van der Waals surface area contributed by atoms with Crippen LogP contribution < -0.4 is 5.32 Å². The average molecular weight is 373 g/mol. The first-order valence-corrected chi connectivity index (χ1v) is 9.91. The van der Waals surface area contributed by atoms with Gasteiger partial charge in [-0.3, -0.25) is 4.79 Å². The van der Waals surface area contributed by atoms with Gasteiger partial charge in [-0.05, 0) is 55.3 Å². The largest absolute Gasteiger partial charge is 0.478 e. The fourth-order valence-corrected chi connectivity index (χ4v) is 4.97. The zero-order valence-corrected chi connectivity index (χ0v) is 14.8. The van der Waals surface area contributed by atoms with Crippen LogP contribution in [0, 0.1) is 0 Å². The Morgan fingerprint density at radius 1 is 0.962 bits per heavy atom. The van der Waals surface area contributed by atoms with Crippen molar-refractivity contribution >= 4 is 27.4 Å². The predicted molar refractivity (Wildman–Crippen MR) is 97.2 cm³/mol. The van der Waals surface area contributed by atoms with Crippen LogP contribution >= 0.6 is 0 Å². The number of sulfone groups is 1. The number of carbonyl (C=O) groups excluding carboxylic acids is 1. The third kappa shape index (κ3) is 3.77. The first-order chi connectivity index (χ1) is 12.4. The van der Waals surface area contributed by atoms with Gasteiger partial charge in [0, 0.05) is 11.3 Å². The molecule has 0 aromatic heterocycles. The van der Waals surface area contributed by atoms with Crippen LogP contribution in [0.5, 0.6) is 0 Å². The zero-order chi connectivity index (χ0) is 18.7. The summed E-state index contributed by atoms with van der Waals surface area (Å²) in [5, 5.41) is 11.3. The van der Waals surface area contributed by atoms with E-state index < -0.39 is 21.7 Å². The summed E-state index contributed by atoms with van der Waals surface area (Å²) < 4.78 is 25.1. The van der Waals surface area contributed by atoms with E-state index in [0.717, 1.165) is 12.8 Å².